The first-order valence-corrected chi connectivity index (χ1v) is 8.13. The molecule has 2 fully saturated rings. The molecule has 2 rings (SSSR count). The molecule has 1 saturated heterocycles. The topological polar surface area (TPSA) is 24.5 Å². The van der Waals surface area contributed by atoms with Crippen LogP contribution in [0, 0.1) is 5.92 Å². The lowest BCUT2D eigenvalue weighted by Crippen LogP contribution is -2.62. The van der Waals surface area contributed by atoms with Crippen LogP contribution in [0.3, 0.4) is 0 Å². The van der Waals surface area contributed by atoms with E-state index in [2.05, 4.69) is 31.4 Å². The molecule has 0 radical (unpaired) electrons. The lowest BCUT2D eigenvalue weighted by atomic mass is 9.74. The van der Waals surface area contributed by atoms with Gasteiger partial charge in [-0.1, -0.05) is 25.7 Å². The molecule has 2 unspecified atom stereocenters. The largest absolute Gasteiger partial charge is 0.381 e. The summed E-state index contributed by atoms with van der Waals surface area (Å²) in [6.07, 6.45) is 10.8. The molecule has 0 aromatic carbocycles. The molecule has 1 aliphatic carbocycles. The fourth-order valence-corrected chi connectivity index (χ4v) is 4.35. The zero-order valence-electron chi connectivity index (χ0n) is 13.1. The van der Waals surface area contributed by atoms with Crippen LogP contribution in [0.25, 0.3) is 0 Å². The highest BCUT2D eigenvalue weighted by Crippen LogP contribution is 2.38. The molecule has 1 N–H and O–H groups in total. The van der Waals surface area contributed by atoms with Crippen molar-refractivity contribution in [1.82, 2.24) is 10.2 Å². The van der Waals surface area contributed by atoms with Gasteiger partial charge in [0.05, 0.1) is 6.61 Å². The Morgan fingerprint density at radius 1 is 1.11 bits per heavy atom. The second kappa shape index (κ2) is 7.05. The summed E-state index contributed by atoms with van der Waals surface area (Å²) >= 11 is 0. The summed E-state index contributed by atoms with van der Waals surface area (Å²) in [5.41, 5.74) is 0.330. The van der Waals surface area contributed by atoms with E-state index in [1.807, 2.05) is 0 Å². The van der Waals surface area contributed by atoms with Crippen LogP contribution >= 0.6 is 0 Å². The van der Waals surface area contributed by atoms with Crippen LogP contribution in [-0.2, 0) is 4.74 Å². The number of nitrogens with zero attached hydrogens (tertiary/aromatic N) is 1. The predicted molar refractivity (Wildman–Crippen MR) is 80.5 cm³/mol. The molecule has 1 heterocycles. The van der Waals surface area contributed by atoms with Gasteiger partial charge in [0.2, 0.25) is 0 Å². The van der Waals surface area contributed by atoms with Gasteiger partial charge in [-0.25, -0.2) is 0 Å². The highest BCUT2D eigenvalue weighted by atomic mass is 16.5. The maximum atomic E-state index is 5.75. The standard InChI is InChI=1S/C16H32N2O/c1-17-15(14-9-8-12-19-13-14)16(18(2)3)10-6-4-5-7-11-16/h14-15,17H,4-13H2,1-3H3. The van der Waals surface area contributed by atoms with Crippen molar-refractivity contribution in [1.29, 1.82) is 0 Å². The predicted octanol–water partition coefficient (Wildman–Crippen LogP) is 2.66. The maximum Gasteiger partial charge on any atom is 0.0509 e. The Balaban J connectivity index is 2.18. The molecular formula is C16H32N2O. The van der Waals surface area contributed by atoms with Crippen LogP contribution in [0.4, 0.5) is 0 Å². The third kappa shape index (κ3) is 3.32. The molecular weight excluding hydrogens is 236 g/mol. The van der Waals surface area contributed by atoms with Crippen LogP contribution in [-0.4, -0.2) is 50.8 Å². The van der Waals surface area contributed by atoms with Crippen molar-refractivity contribution in [3.05, 3.63) is 0 Å². The Morgan fingerprint density at radius 2 is 1.79 bits per heavy atom. The van der Waals surface area contributed by atoms with Crippen LogP contribution in [0.5, 0.6) is 0 Å². The first-order valence-electron chi connectivity index (χ1n) is 8.13. The molecule has 0 amide bonds. The van der Waals surface area contributed by atoms with Crippen LogP contribution in [0.2, 0.25) is 0 Å². The van der Waals surface area contributed by atoms with Crippen molar-refractivity contribution in [2.75, 3.05) is 34.4 Å². The van der Waals surface area contributed by atoms with Gasteiger partial charge < -0.3 is 15.0 Å². The smallest absolute Gasteiger partial charge is 0.0509 e. The molecule has 1 aliphatic heterocycles. The van der Waals surface area contributed by atoms with Gasteiger partial charge >= 0.3 is 0 Å². The summed E-state index contributed by atoms with van der Waals surface area (Å²) in [6, 6.07) is 0.570. The first-order chi connectivity index (χ1) is 9.20. The number of hydrogen-bond donors (Lipinski definition) is 1. The lowest BCUT2D eigenvalue weighted by molar-refractivity contribution is -0.0105. The molecule has 3 nitrogen and oxygen atoms in total. The zero-order valence-corrected chi connectivity index (χ0v) is 13.1. The number of rotatable bonds is 4. The van der Waals surface area contributed by atoms with E-state index in [0.29, 0.717) is 17.5 Å². The van der Waals surface area contributed by atoms with Crippen LogP contribution in [0.1, 0.15) is 51.4 Å². The second-order valence-electron chi connectivity index (χ2n) is 6.66. The van der Waals surface area contributed by atoms with E-state index in [1.165, 1.54) is 51.4 Å². The molecule has 112 valence electrons. The summed E-state index contributed by atoms with van der Waals surface area (Å²) in [7, 11) is 6.70. The summed E-state index contributed by atoms with van der Waals surface area (Å²) in [6.45, 7) is 1.91. The van der Waals surface area contributed by atoms with Gasteiger partial charge in [-0.3, -0.25) is 0 Å². The Morgan fingerprint density at radius 3 is 2.26 bits per heavy atom. The van der Waals surface area contributed by atoms with E-state index in [1.54, 1.807) is 0 Å². The second-order valence-corrected chi connectivity index (χ2v) is 6.66. The zero-order chi connectivity index (χ0) is 13.7. The Hall–Kier alpha value is -0.120. The van der Waals surface area contributed by atoms with Gasteiger partial charge in [0.15, 0.2) is 0 Å². The fourth-order valence-electron chi connectivity index (χ4n) is 4.35. The summed E-state index contributed by atoms with van der Waals surface area (Å²) in [4.78, 5) is 2.51. The van der Waals surface area contributed by atoms with E-state index in [-0.39, 0.29) is 0 Å². The van der Waals surface area contributed by atoms with Gasteiger partial charge in [0.1, 0.15) is 0 Å². The van der Waals surface area contributed by atoms with Crippen LogP contribution < -0.4 is 5.32 Å². The third-order valence-electron chi connectivity index (χ3n) is 5.42. The normalized spacial score (nSPS) is 30.0. The minimum atomic E-state index is 0.330. The van der Waals surface area contributed by atoms with E-state index in [0.717, 1.165) is 13.2 Å². The van der Waals surface area contributed by atoms with Gasteiger partial charge in [0.25, 0.3) is 0 Å². The average Bonchev–Trinajstić information content (AvgIpc) is 2.68. The van der Waals surface area contributed by atoms with Crippen LogP contribution in [0.15, 0.2) is 0 Å². The maximum absolute atomic E-state index is 5.75. The first kappa shape index (κ1) is 15.3. The van der Waals surface area contributed by atoms with Gasteiger partial charge in [0, 0.05) is 18.2 Å². The van der Waals surface area contributed by atoms with E-state index < -0.39 is 0 Å². The number of ether oxygens (including phenoxy) is 1. The minimum absolute atomic E-state index is 0.330. The van der Waals surface area contributed by atoms with E-state index in [9.17, 15) is 0 Å². The van der Waals surface area contributed by atoms with Gasteiger partial charge in [-0.15, -0.1) is 0 Å². The van der Waals surface area contributed by atoms with Crippen molar-refractivity contribution in [2.45, 2.75) is 62.9 Å². The van der Waals surface area contributed by atoms with Crippen molar-refractivity contribution in [2.24, 2.45) is 5.92 Å². The SMILES string of the molecule is CNC(C1CCCOC1)C1(N(C)C)CCCCCC1. The summed E-state index contributed by atoms with van der Waals surface area (Å²) in [5.74, 6) is 0.680. The molecule has 1 saturated carbocycles. The average molecular weight is 268 g/mol. The van der Waals surface area contributed by atoms with Gasteiger partial charge in [-0.05, 0) is 52.7 Å². The third-order valence-corrected chi connectivity index (χ3v) is 5.42. The lowest BCUT2D eigenvalue weighted by Gasteiger charge is -2.49. The molecule has 0 aromatic heterocycles. The molecule has 2 aliphatic rings. The monoisotopic (exact) mass is 268 g/mol. The molecule has 3 heteroatoms. The fraction of sp³-hybridized carbons (Fsp3) is 1.00. The quantitative estimate of drug-likeness (QED) is 0.793. The number of likely N-dealkylation sites (N-methyl/N-ethyl adjacent to an activating group) is 2. The molecule has 19 heavy (non-hydrogen) atoms. The highest BCUT2D eigenvalue weighted by molar-refractivity contribution is 5.02. The molecule has 0 bridgehead atoms. The van der Waals surface area contributed by atoms with Crippen molar-refractivity contribution in [3.63, 3.8) is 0 Å². The Labute approximate surface area is 119 Å². The highest BCUT2D eigenvalue weighted by Gasteiger charge is 2.44. The van der Waals surface area contributed by atoms with E-state index >= 15 is 0 Å². The number of nitrogens with one attached hydrogen (secondary N) is 1. The van der Waals surface area contributed by atoms with Crippen molar-refractivity contribution in [3.8, 4) is 0 Å². The molecule has 0 aromatic rings. The summed E-state index contributed by atoms with van der Waals surface area (Å²) in [5, 5.41) is 3.67. The Bertz CT molecular complexity index is 253. The minimum Gasteiger partial charge on any atom is -0.381 e. The van der Waals surface area contributed by atoms with Crippen molar-refractivity contribution >= 4 is 0 Å². The Kier molecular flexibility index (Phi) is 5.67. The number of hydrogen-bond acceptors (Lipinski definition) is 3. The van der Waals surface area contributed by atoms with Crippen molar-refractivity contribution < 1.29 is 4.74 Å². The van der Waals surface area contributed by atoms with Gasteiger partial charge in [-0.2, -0.15) is 0 Å². The molecule has 0 spiro atoms. The molecule has 2 atom stereocenters. The summed E-state index contributed by atoms with van der Waals surface area (Å²) < 4.78 is 5.75. The van der Waals surface area contributed by atoms with E-state index in [4.69, 9.17) is 4.74 Å².